The van der Waals surface area contributed by atoms with E-state index in [2.05, 4.69) is 10.3 Å². The zero-order valence-corrected chi connectivity index (χ0v) is 15.1. The Kier molecular flexibility index (Phi) is 5.01. The molecule has 1 aliphatic rings. The first-order chi connectivity index (χ1) is 12.0. The molecule has 2 aromatic rings. The molecule has 7 heteroatoms. The summed E-state index contributed by atoms with van der Waals surface area (Å²) in [7, 11) is 1.47. The molecule has 5 nitrogen and oxygen atoms in total. The molecule has 1 amide bonds. The van der Waals surface area contributed by atoms with E-state index in [0.717, 1.165) is 5.56 Å². The van der Waals surface area contributed by atoms with Crippen molar-refractivity contribution in [2.45, 2.75) is 6.92 Å². The van der Waals surface area contributed by atoms with E-state index in [0.29, 0.717) is 32.1 Å². The first-order valence-electron chi connectivity index (χ1n) is 7.40. The number of halogens is 1. The Bertz CT molecular complexity index is 909. The van der Waals surface area contributed by atoms with E-state index in [1.54, 1.807) is 30.3 Å². The van der Waals surface area contributed by atoms with Crippen LogP contribution in [0.5, 0.6) is 11.5 Å². The maximum Gasteiger partial charge on any atom is 0.264 e. The molecule has 0 unspecified atom stereocenters. The summed E-state index contributed by atoms with van der Waals surface area (Å²) in [6, 6.07) is 10.6. The minimum atomic E-state index is -0.283. The van der Waals surface area contributed by atoms with Gasteiger partial charge in [-0.25, -0.2) is 4.99 Å². The average molecular weight is 375 g/mol. The van der Waals surface area contributed by atoms with Crippen molar-refractivity contribution in [3.05, 3.63) is 57.5 Å². The molecule has 1 aliphatic heterocycles. The van der Waals surface area contributed by atoms with Crippen LogP contribution in [0, 0.1) is 6.92 Å². The molecule has 1 saturated heterocycles. The Balaban J connectivity index is 1.90. The smallest absolute Gasteiger partial charge is 0.264 e. The van der Waals surface area contributed by atoms with Crippen LogP contribution in [-0.2, 0) is 4.79 Å². The standard InChI is InChI=1S/C18H15ClN2O3S/c1-10-5-3-7-12(15(10)19)20-18-21-17(23)14(25-18)9-11-6-4-8-13(24-2)16(11)22/h3-9,22H,1-2H3,(H,20,21,23)/b14-9+. The fourth-order valence-corrected chi connectivity index (χ4v) is 3.26. The lowest BCUT2D eigenvalue weighted by Gasteiger charge is -2.05. The van der Waals surface area contributed by atoms with Crippen molar-refractivity contribution in [2.75, 3.05) is 7.11 Å². The zero-order chi connectivity index (χ0) is 18.0. The van der Waals surface area contributed by atoms with Crippen LogP contribution >= 0.6 is 23.4 Å². The van der Waals surface area contributed by atoms with Gasteiger partial charge in [0, 0.05) is 5.56 Å². The number of thioether (sulfide) groups is 1. The Morgan fingerprint density at radius 3 is 2.80 bits per heavy atom. The number of benzene rings is 2. The van der Waals surface area contributed by atoms with Gasteiger partial charge >= 0.3 is 0 Å². The Morgan fingerprint density at radius 2 is 2.04 bits per heavy atom. The van der Waals surface area contributed by atoms with Gasteiger partial charge in [-0.05, 0) is 42.5 Å². The summed E-state index contributed by atoms with van der Waals surface area (Å²) in [5.41, 5.74) is 2.00. The predicted octanol–water partition coefficient (Wildman–Crippen LogP) is 4.25. The molecule has 0 aliphatic carbocycles. The summed E-state index contributed by atoms with van der Waals surface area (Å²) in [5.74, 6) is 0.0472. The Hall–Kier alpha value is -2.44. The molecule has 25 heavy (non-hydrogen) atoms. The fourth-order valence-electron chi connectivity index (χ4n) is 2.27. The Labute approximate surface area is 154 Å². The molecule has 0 bridgehead atoms. The van der Waals surface area contributed by atoms with E-state index in [4.69, 9.17) is 16.3 Å². The summed E-state index contributed by atoms with van der Waals surface area (Å²) in [6.45, 7) is 1.89. The minimum Gasteiger partial charge on any atom is -0.504 e. The fraction of sp³-hybridized carbons (Fsp3) is 0.111. The lowest BCUT2D eigenvalue weighted by Crippen LogP contribution is -2.19. The van der Waals surface area contributed by atoms with Crippen molar-refractivity contribution in [3.63, 3.8) is 0 Å². The van der Waals surface area contributed by atoms with Crippen molar-refractivity contribution in [1.29, 1.82) is 0 Å². The van der Waals surface area contributed by atoms with Crippen molar-refractivity contribution in [2.24, 2.45) is 4.99 Å². The molecule has 1 fully saturated rings. The van der Waals surface area contributed by atoms with Gasteiger partial charge in [0.05, 0.1) is 22.7 Å². The van der Waals surface area contributed by atoms with Gasteiger partial charge in [0.25, 0.3) is 5.91 Å². The number of carbonyl (C=O) groups excluding carboxylic acids is 1. The van der Waals surface area contributed by atoms with Crippen molar-refractivity contribution in [1.82, 2.24) is 5.32 Å². The number of methoxy groups -OCH3 is 1. The van der Waals surface area contributed by atoms with Gasteiger partial charge in [-0.2, -0.15) is 0 Å². The van der Waals surface area contributed by atoms with Gasteiger partial charge in [-0.1, -0.05) is 35.9 Å². The number of phenols is 1. The number of ether oxygens (including phenoxy) is 1. The molecule has 0 saturated carbocycles. The number of hydrogen-bond acceptors (Lipinski definition) is 5. The number of amides is 1. The second kappa shape index (κ2) is 7.21. The highest BCUT2D eigenvalue weighted by molar-refractivity contribution is 8.18. The van der Waals surface area contributed by atoms with E-state index in [1.807, 2.05) is 19.1 Å². The number of aromatic hydroxyl groups is 1. The second-order valence-corrected chi connectivity index (χ2v) is 6.70. The molecule has 0 aromatic heterocycles. The van der Waals surface area contributed by atoms with E-state index < -0.39 is 0 Å². The molecule has 0 radical (unpaired) electrons. The normalized spacial score (nSPS) is 17.2. The average Bonchev–Trinajstić information content (AvgIpc) is 2.93. The van der Waals surface area contributed by atoms with Gasteiger partial charge in [0.2, 0.25) is 0 Å². The second-order valence-electron chi connectivity index (χ2n) is 5.29. The van der Waals surface area contributed by atoms with Crippen LogP contribution in [0.25, 0.3) is 6.08 Å². The number of hydrogen-bond donors (Lipinski definition) is 2. The quantitative estimate of drug-likeness (QED) is 0.788. The summed E-state index contributed by atoms with van der Waals surface area (Å²) in [6.07, 6.45) is 1.60. The number of carbonyl (C=O) groups is 1. The minimum absolute atomic E-state index is 0.0157. The Morgan fingerprint density at radius 1 is 1.28 bits per heavy atom. The van der Waals surface area contributed by atoms with Crippen LogP contribution in [0.4, 0.5) is 5.69 Å². The highest BCUT2D eigenvalue weighted by atomic mass is 35.5. The van der Waals surface area contributed by atoms with Crippen molar-refractivity contribution in [3.8, 4) is 11.5 Å². The molecule has 2 N–H and O–H groups in total. The lowest BCUT2D eigenvalue weighted by atomic mass is 10.1. The summed E-state index contributed by atoms with van der Waals surface area (Å²) in [5, 5.41) is 13.8. The van der Waals surface area contributed by atoms with E-state index >= 15 is 0 Å². The van der Waals surface area contributed by atoms with Crippen LogP contribution in [-0.4, -0.2) is 23.3 Å². The third-order valence-corrected chi connectivity index (χ3v) is 4.98. The first-order valence-corrected chi connectivity index (χ1v) is 8.59. The molecular formula is C18H15ClN2O3S. The maximum absolute atomic E-state index is 12.2. The largest absolute Gasteiger partial charge is 0.504 e. The first kappa shape index (κ1) is 17.4. The topological polar surface area (TPSA) is 70.9 Å². The third-order valence-electron chi connectivity index (χ3n) is 3.58. The summed E-state index contributed by atoms with van der Waals surface area (Å²) in [4.78, 5) is 17.0. The van der Waals surface area contributed by atoms with Crippen molar-refractivity contribution < 1.29 is 14.6 Å². The number of nitrogens with one attached hydrogen (secondary N) is 1. The maximum atomic E-state index is 12.2. The van der Waals surface area contributed by atoms with Gasteiger partial charge in [-0.3, -0.25) is 4.79 Å². The molecule has 1 heterocycles. The summed E-state index contributed by atoms with van der Waals surface area (Å²) < 4.78 is 5.08. The summed E-state index contributed by atoms with van der Waals surface area (Å²) >= 11 is 7.42. The molecule has 3 rings (SSSR count). The number of phenolic OH excluding ortho intramolecular Hbond substituents is 1. The van der Waals surface area contributed by atoms with Gasteiger partial charge < -0.3 is 15.2 Å². The third kappa shape index (κ3) is 3.65. The molecule has 0 atom stereocenters. The van der Waals surface area contributed by atoms with Crippen LogP contribution in [0.1, 0.15) is 11.1 Å². The van der Waals surface area contributed by atoms with Crippen LogP contribution in [0.3, 0.4) is 0 Å². The van der Waals surface area contributed by atoms with Crippen LogP contribution in [0.15, 0.2) is 46.3 Å². The van der Waals surface area contributed by atoms with E-state index in [1.165, 1.54) is 18.9 Å². The number of rotatable bonds is 3. The number of aliphatic imine (C=N–C) groups is 1. The molecule has 0 spiro atoms. The zero-order valence-electron chi connectivity index (χ0n) is 13.5. The number of aryl methyl sites for hydroxylation is 1. The van der Waals surface area contributed by atoms with E-state index in [9.17, 15) is 9.90 Å². The predicted molar refractivity (Wildman–Crippen MR) is 102 cm³/mol. The monoisotopic (exact) mass is 374 g/mol. The lowest BCUT2D eigenvalue weighted by molar-refractivity contribution is -0.115. The SMILES string of the molecule is COc1cccc(/C=C2/SC(=Nc3cccc(C)c3Cl)NC2=O)c1O. The number of nitrogens with zero attached hydrogens (tertiary/aromatic N) is 1. The van der Waals surface area contributed by atoms with Gasteiger partial charge in [0.15, 0.2) is 16.7 Å². The number of para-hydroxylation sites is 1. The molecular weight excluding hydrogens is 360 g/mol. The van der Waals surface area contributed by atoms with Crippen LogP contribution in [0.2, 0.25) is 5.02 Å². The van der Waals surface area contributed by atoms with Gasteiger partial charge in [-0.15, -0.1) is 0 Å². The molecule has 128 valence electrons. The van der Waals surface area contributed by atoms with Crippen molar-refractivity contribution >= 4 is 46.2 Å². The van der Waals surface area contributed by atoms with E-state index in [-0.39, 0.29) is 11.7 Å². The number of amidine groups is 1. The highest BCUT2D eigenvalue weighted by Crippen LogP contribution is 2.35. The highest BCUT2D eigenvalue weighted by Gasteiger charge is 2.24. The molecule has 2 aromatic carbocycles. The van der Waals surface area contributed by atoms with Crippen LogP contribution < -0.4 is 10.1 Å². The van der Waals surface area contributed by atoms with Gasteiger partial charge in [0.1, 0.15) is 0 Å².